The second-order valence-electron chi connectivity index (χ2n) is 2.43. The zero-order valence-electron chi connectivity index (χ0n) is 7.58. The lowest BCUT2D eigenvalue weighted by molar-refractivity contribution is 0.341. The molecule has 0 N–H and O–H groups in total. The van der Waals surface area contributed by atoms with Crippen LogP contribution in [0.25, 0.3) is 6.08 Å². The molecule has 0 aliphatic carbocycles. The summed E-state index contributed by atoms with van der Waals surface area (Å²) in [5, 5.41) is 0. The van der Waals surface area contributed by atoms with Crippen LogP contribution in [0.2, 0.25) is 0 Å². The fraction of sp³-hybridized carbons (Fsp3) is 0.200. The fourth-order valence-corrected chi connectivity index (χ4v) is 0.933. The molecule has 0 aliphatic heterocycles. The highest BCUT2D eigenvalue weighted by atomic mass is 19.1. The molecule has 0 bridgehead atoms. The van der Waals surface area contributed by atoms with Gasteiger partial charge < -0.3 is 9.47 Å². The molecule has 0 atom stereocenters. The lowest BCUT2D eigenvalue weighted by atomic mass is 10.2. The van der Waals surface area contributed by atoms with Crippen molar-refractivity contribution < 1.29 is 13.9 Å². The smallest absolute Gasteiger partial charge is 0.165 e. The Morgan fingerprint density at radius 2 is 2.08 bits per heavy atom. The van der Waals surface area contributed by atoms with Gasteiger partial charge in [-0.25, -0.2) is 4.39 Å². The third-order valence-corrected chi connectivity index (χ3v) is 1.57. The van der Waals surface area contributed by atoms with Gasteiger partial charge in [-0.15, -0.1) is 0 Å². The maximum atomic E-state index is 13.1. The van der Waals surface area contributed by atoms with Gasteiger partial charge in [-0.1, -0.05) is 6.07 Å². The second kappa shape index (κ2) is 4.50. The average molecular weight is 182 g/mol. The summed E-state index contributed by atoms with van der Waals surface area (Å²) in [6.07, 6.45) is 3.16. The Labute approximate surface area is 76.6 Å². The van der Waals surface area contributed by atoms with Gasteiger partial charge in [0.1, 0.15) is 0 Å². The number of ether oxygens (including phenoxy) is 2. The maximum Gasteiger partial charge on any atom is 0.165 e. The van der Waals surface area contributed by atoms with Crippen molar-refractivity contribution in [2.45, 2.75) is 0 Å². The van der Waals surface area contributed by atoms with Gasteiger partial charge in [0.2, 0.25) is 0 Å². The highest BCUT2D eigenvalue weighted by Crippen LogP contribution is 2.18. The SMILES string of the molecule is COC=Cc1ccc(OC)c(F)c1. The summed E-state index contributed by atoms with van der Waals surface area (Å²) in [6, 6.07) is 4.70. The normalized spacial score (nSPS) is 10.4. The molecule has 0 aliphatic rings. The van der Waals surface area contributed by atoms with Gasteiger partial charge in [-0.3, -0.25) is 0 Å². The van der Waals surface area contributed by atoms with E-state index in [2.05, 4.69) is 0 Å². The van der Waals surface area contributed by atoms with Crippen LogP contribution in [0, 0.1) is 5.82 Å². The number of methoxy groups -OCH3 is 2. The van der Waals surface area contributed by atoms with Crippen LogP contribution in [0.5, 0.6) is 5.75 Å². The maximum absolute atomic E-state index is 13.1. The molecule has 13 heavy (non-hydrogen) atoms. The highest BCUT2D eigenvalue weighted by molar-refractivity contribution is 5.50. The van der Waals surface area contributed by atoms with Crippen molar-refractivity contribution in [2.75, 3.05) is 14.2 Å². The Bertz CT molecular complexity index is 308. The molecule has 1 aromatic rings. The first-order chi connectivity index (χ1) is 6.27. The Hall–Kier alpha value is -1.51. The van der Waals surface area contributed by atoms with Crippen LogP contribution in [0.1, 0.15) is 5.56 Å². The molecule has 1 aromatic carbocycles. The summed E-state index contributed by atoms with van der Waals surface area (Å²) in [5.74, 6) is -0.129. The summed E-state index contributed by atoms with van der Waals surface area (Å²) < 4.78 is 22.6. The number of hydrogen-bond acceptors (Lipinski definition) is 2. The van der Waals surface area contributed by atoms with E-state index in [4.69, 9.17) is 9.47 Å². The summed E-state index contributed by atoms with van der Waals surface area (Å²) >= 11 is 0. The van der Waals surface area contributed by atoms with E-state index in [0.717, 1.165) is 5.56 Å². The lowest BCUT2D eigenvalue weighted by Gasteiger charge is -2.01. The minimum absolute atomic E-state index is 0.245. The third-order valence-electron chi connectivity index (χ3n) is 1.57. The molecule has 0 amide bonds. The van der Waals surface area contributed by atoms with Gasteiger partial charge in [-0.2, -0.15) is 0 Å². The molecule has 0 heterocycles. The molecule has 70 valence electrons. The van der Waals surface area contributed by atoms with Crippen molar-refractivity contribution in [2.24, 2.45) is 0 Å². The van der Waals surface area contributed by atoms with Crippen molar-refractivity contribution in [1.82, 2.24) is 0 Å². The van der Waals surface area contributed by atoms with E-state index < -0.39 is 0 Å². The molecule has 1 rings (SSSR count). The molecular weight excluding hydrogens is 171 g/mol. The van der Waals surface area contributed by atoms with Crippen LogP contribution < -0.4 is 4.74 Å². The summed E-state index contributed by atoms with van der Waals surface area (Å²) in [4.78, 5) is 0. The van der Waals surface area contributed by atoms with E-state index in [-0.39, 0.29) is 11.6 Å². The third kappa shape index (κ3) is 2.47. The highest BCUT2D eigenvalue weighted by Gasteiger charge is 2.00. The van der Waals surface area contributed by atoms with Crippen molar-refractivity contribution in [3.8, 4) is 5.75 Å². The van der Waals surface area contributed by atoms with E-state index in [9.17, 15) is 4.39 Å². The van der Waals surface area contributed by atoms with Crippen LogP contribution in [0.15, 0.2) is 24.5 Å². The van der Waals surface area contributed by atoms with E-state index in [1.807, 2.05) is 0 Å². The first-order valence-corrected chi connectivity index (χ1v) is 3.81. The van der Waals surface area contributed by atoms with Crippen molar-refractivity contribution >= 4 is 6.08 Å². The molecule has 0 saturated heterocycles. The van der Waals surface area contributed by atoms with E-state index in [0.29, 0.717) is 0 Å². The Balaban J connectivity index is 2.89. The molecule has 0 spiro atoms. The zero-order valence-corrected chi connectivity index (χ0v) is 7.58. The van der Waals surface area contributed by atoms with Crippen molar-refractivity contribution in [3.63, 3.8) is 0 Å². The second-order valence-corrected chi connectivity index (χ2v) is 2.43. The van der Waals surface area contributed by atoms with Crippen LogP contribution in [0.4, 0.5) is 4.39 Å². The van der Waals surface area contributed by atoms with Gasteiger partial charge in [0.25, 0.3) is 0 Å². The minimum Gasteiger partial charge on any atom is -0.504 e. The standard InChI is InChI=1S/C10H11FO2/c1-12-6-5-8-3-4-10(13-2)9(11)7-8/h3-7H,1-2H3. The van der Waals surface area contributed by atoms with Gasteiger partial charge in [0.15, 0.2) is 11.6 Å². The van der Waals surface area contributed by atoms with Crippen molar-refractivity contribution in [1.29, 1.82) is 0 Å². The van der Waals surface area contributed by atoms with Crippen LogP contribution in [-0.2, 0) is 4.74 Å². The minimum atomic E-state index is -0.374. The van der Waals surface area contributed by atoms with E-state index >= 15 is 0 Å². The molecule has 0 radical (unpaired) electrons. The molecule has 0 aromatic heterocycles. The Morgan fingerprint density at radius 1 is 1.31 bits per heavy atom. The summed E-state index contributed by atoms with van der Waals surface area (Å²) in [7, 11) is 2.97. The van der Waals surface area contributed by atoms with E-state index in [1.54, 1.807) is 18.2 Å². The topological polar surface area (TPSA) is 18.5 Å². The van der Waals surface area contributed by atoms with Crippen LogP contribution in [-0.4, -0.2) is 14.2 Å². The summed E-state index contributed by atoms with van der Waals surface area (Å²) in [5.41, 5.74) is 0.736. The largest absolute Gasteiger partial charge is 0.504 e. The van der Waals surface area contributed by atoms with Gasteiger partial charge in [-0.05, 0) is 23.8 Å². The predicted molar refractivity (Wildman–Crippen MR) is 49.0 cm³/mol. The molecule has 2 nitrogen and oxygen atoms in total. The molecule has 0 unspecified atom stereocenters. The Kier molecular flexibility index (Phi) is 3.31. The van der Waals surface area contributed by atoms with Gasteiger partial charge in [0.05, 0.1) is 20.5 Å². The van der Waals surface area contributed by atoms with Crippen LogP contribution in [0.3, 0.4) is 0 Å². The quantitative estimate of drug-likeness (QED) is 0.668. The predicted octanol–water partition coefficient (Wildman–Crippen LogP) is 2.45. The molecule has 0 saturated carbocycles. The molecule has 3 heteroatoms. The van der Waals surface area contributed by atoms with Crippen molar-refractivity contribution in [3.05, 3.63) is 35.8 Å². The number of halogens is 1. The monoisotopic (exact) mass is 182 g/mol. The van der Waals surface area contributed by atoms with E-state index in [1.165, 1.54) is 26.5 Å². The first kappa shape index (κ1) is 9.58. The number of hydrogen-bond donors (Lipinski definition) is 0. The van der Waals surface area contributed by atoms with Gasteiger partial charge in [0, 0.05) is 0 Å². The first-order valence-electron chi connectivity index (χ1n) is 3.81. The molecular formula is C10H11FO2. The number of benzene rings is 1. The molecule has 0 fully saturated rings. The lowest BCUT2D eigenvalue weighted by Crippen LogP contribution is -1.87. The average Bonchev–Trinajstić information content (AvgIpc) is 2.15. The Morgan fingerprint density at radius 3 is 2.62 bits per heavy atom. The van der Waals surface area contributed by atoms with Crippen LogP contribution >= 0.6 is 0 Å². The summed E-state index contributed by atoms with van der Waals surface area (Å²) in [6.45, 7) is 0. The fourth-order valence-electron chi connectivity index (χ4n) is 0.933. The number of rotatable bonds is 3. The zero-order chi connectivity index (χ0) is 9.68. The van der Waals surface area contributed by atoms with Gasteiger partial charge >= 0.3 is 0 Å².